The summed E-state index contributed by atoms with van der Waals surface area (Å²) < 4.78 is 17.6. The highest BCUT2D eigenvalue weighted by Crippen LogP contribution is 2.23. The van der Waals surface area contributed by atoms with Gasteiger partial charge in [0.25, 0.3) is 0 Å². The summed E-state index contributed by atoms with van der Waals surface area (Å²) in [6.45, 7) is 6.16. The van der Waals surface area contributed by atoms with E-state index in [1.807, 2.05) is 29.2 Å². The summed E-state index contributed by atoms with van der Waals surface area (Å²) in [5.41, 5.74) is 2.98. The SMILES string of the molecule is CCc1ccccc1NC(=O)N1CCN(c2nc(Cc3ccc(F)cc3)ns2)CC1C. The van der Waals surface area contributed by atoms with Crippen LogP contribution >= 0.6 is 11.5 Å². The van der Waals surface area contributed by atoms with Gasteiger partial charge in [0.05, 0.1) is 0 Å². The van der Waals surface area contributed by atoms with Crippen LogP contribution in [-0.4, -0.2) is 46.0 Å². The molecule has 1 aliphatic heterocycles. The minimum absolute atomic E-state index is 0.0481. The minimum atomic E-state index is -0.246. The van der Waals surface area contributed by atoms with E-state index in [0.717, 1.165) is 34.2 Å². The zero-order valence-electron chi connectivity index (χ0n) is 17.7. The van der Waals surface area contributed by atoms with Gasteiger partial charge in [-0.25, -0.2) is 14.2 Å². The molecule has 1 unspecified atom stereocenters. The zero-order valence-corrected chi connectivity index (χ0v) is 18.5. The fourth-order valence-corrected chi connectivity index (χ4v) is 4.52. The highest BCUT2D eigenvalue weighted by molar-refractivity contribution is 7.09. The number of benzene rings is 2. The standard InChI is InChI=1S/C23H26FN5OS/c1-3-18-6-4-5-7-20(18)25-22(30)29-13-12-28(15-16(29)2)23-26-21(27-31-23)14-17-8-10-19(24)11-9-17/h4-11,16H,3,12-15H2,1-2H3,(H,25,30). The van der Waals surface area contributed by atoms with Crippen LogP contribution in [0.1, 0.15) is 30.8 Å². The van der Waals surface area contributed by atoms with Crippen LogP contribution in [0.15, 0.2) is 48.5 Å². The molecule has 31 heavy (non-hydrogen) atoms. The van der Waals surface area contributed by atoms with Gasteiger partial charge in [-0.1, -0.05) is 37.3 Å². The first-order valence-corrected chi connectivity index (χ1v) is 11.3. The summed E-state index contributed by atoms with van der Waals surface area (Å²) in [6, 6.07) is 14.3. The highest BCUT2D eigenvalue weighted by atomic mass is 32.1. The number of aromatic nitrogens is 2. The molecule has 0 bridgehead atoms. The summed E-state index contributed by atoms with van der Waals surface area (Å²) in [5, 5.41) is 3.93. The highest BCUT2D eigenvalue weighted by Gasteiger charge is 2.29. The fraction of sp³-hybridized carbons (Fsp3) is 0.348. The van der Waals surface area contributed by atoms with E-state index in [4.69, 9.17) is 0 Å². The molecule has 8 heteroatoms. The topological polar surface area (TPSA) is 61.4 Å². The number of amides is 2. The van der Waals surface area contributed by atoms with Crippen molar-refractivity contribution in [1.82, 2.24) is 14.3 Å². The number of nitrogens with one attached hydrogen (secondary N) is 1. The summed E-state index contributed by atoms with van der Waals surface area (Å²) >= 11 is 1.37. The molecular weight excluding hydrogens is 413 g/mol. The third-order valence-corrected chi connectivity index (χ3v) is 6.35. The number of halogens is 1. The van der Waals surface area contributed by atoms with Crippen molar-refractivity contribution in [3.05, 3.63) is 71.3 Å². The van der Waals surface area contributed by atoms with Gasteiger partial charge in [0.2, 0.25) is 5.13 Å². The molecule has 1 fully saturated rings. The monoisotopic (exact) mass is 439 g/mol. The molecule has 162 valence electrons. The van der Waals surface area contributed by atoms with Gasteiger partial charge in [-0.05, 0) is 42.7 Å². The Morgan fingerprint density at radius 3 is 2.71 bits per heavy atom. The molecule has 0 spiro atoms. The second-order valence-corrected chi connectivity index (χ2v) is 8.46. The van der Waals surface area contributed by atoms with Gasteiger partial charge in [-0.15, -0.1) is 0 Å². The molecule has 4 rings (SSSR count). The van der Waals surface area contributed by atoms with Crippen molar-refractivity contribution in [3.63, 3.8) is 0 Å². The molecule has 0 radical (unpaired) electrons. The maximum atomic E-state index is 13.1. The molecule has 1 aromatic heterocycles. The average Bonchev–Trinajstić information content (AvgIpc) is 3.24. The van der Waals surface area contributed by atoms with Crippen LogP contribution in [0.25, 0.3) is 0 Å². The van der Waals surface area contributed by atoms with Crippen molar-refractivity contribution in [3.8, 4) is 0 Å². The molecule has 1 aliphatic rings. The normalized spacial score (nSPS) is 16.4. The molecule has 2 heterocycles. The molecule has 3 aromatic rings. The number of nitrogens with zero attached hydrogens (tertiary/aromatic N) is 4. The van der Waals surface area contributed by atoms with E-state index < -0.39 is 0 Å². The Balaban J connectivity index is 1.36. The predicted molar refractivity (Wildman–Crippen MR) is 122 cm³/mol. The maximum absolute atomic E-state index is 13.1. The molecule has 6 nitrogen and oxygen atoms in total. The molecule has 2 aromatic carbocycles. The fourth-order valence-electron chi connectivity index (χ4n) is 3.80. The smallest absolute Gasteiger partial charge is 0.322 e. The van der Waals surface area contributed by atoms with Crippen LogP contribution in [-0.2, 0) is 12.8 Å². The van der Waals surface area contributed by atoms with E-state index in [1.165, 1.54) is 23.7 Å². The lowest BCUT2D eigenvalue weighted by molar-refractivity contribution is 0.185. The number of rotatable bonds is 5. The van der Waals surface area contributed by atoms with Crippen LogP contribution in [0, 0.1) is 5.82 Å². The molecule has 2 amide bonds. The van der Waals surface area contributed by atoms with Crippen LogP contribution in [0.4, 0.5) is 20.0 Å². The van der Waals surface area contributed by atoms with Gasteiger partial charge in [-0.3, -0.25) is 0 Å². The second-order valence-electron chi connectivity index (χ2n) is 7.73. The van der Waals surface area contributed by atoms with E-state index >= 15 is 0 Å². The van der Waals surface area contributed by atoms with E-state index in [2.05, 4.69) is 33.4 Å². The quantitative estimate of drug-likeness (QED) is 0.633. The number of piperazine rings is 1. The van der Waals surface area contributed by atoms with Crippen LogP contribution in [0.3, 0.4) is 0 Å². The Bertz CT molecular complexity index is 1040. The molecule has 0 aliphatic carbocycles. The summed E-state index contributed by atoms with van der Waals surface area (Å²) in [7, 11) is 0. The van der Waals surface area contributed by atoms with Gasteiger partial charge in [0.15, 0.2) is 0 Å². The van der Waals surface area contributed by atoms with Crippen LogP contribution < -0.4 is 10.2 Å². The van der Waals surface area contributed by atoms with Crippen molar-refractivity contribution in [2.75, 3.05) is 29.9 Å². The van der Waals surface area contributed by atoms with Crippen molar-refractivity contribution in [2.24, 2.45) is 0 Å². The summed E-state index contributed by atoms with van der Waals surface area (Å²) in [6.07, 6.45) is 1.45. The zero-order chi connectivity index (χ0) is 21.8. The average molecular weight is 440 g/mol. The Morgan fingerprint density at radius 2 is 1.97 bits per heavy atom. The van der Waals surface area contributed by atoms with Gasteiger partial charge < -0.3 is 15.1 Å². The van der Waals surface area contributed by atoms with E-state index in [9.17, 15) is 9.18 Å². The van der Waals surface area contributed by atoms with Crippen molar-refractivity contribution in [1.29, 1.82) is 0 Å². The molecule has 0 saturated carbocycles. The first kappa shape index (κ1) is 21.2. The number of aryl methyl sites for hydroxylation is 1. The largest absolute Gasteiger partial charge is 0.343 e. The number of hydrogen-bond donors (Lipinski definition) is 1. The number of carbonyl (C=O) groups is 1. The lowest BCUT2D eigenvalue weighted by atomic mass is 10.1. The first-order chi connectivity index (χ1) is 15.0. The number of anilines is 2. The van der Waals surface area contributed by atoms with E-state index in [-0.39, 0.29) is 17.9 Å². The van der Waals surface area contributed by atoms with Gasteiger partial charge in [0, 0.05) is 49.3 Å². The number of carbonyl (C=O) groups excluding carboxylic acids is 1. The summed E-state index contributed by atoms with van der Waals surface area (Å²) in [5.74, 6) is 0.486. The van der Waals surface area contributed by atoms with Crippen LogP contribution in [0.2, 0.25) is 0 Å². The molecule has 1 N–H and O–H groups in total. The van der Waals surface area contributed by atoms with Gasteiger partial charge >= 0.3 is 6.03 Å². The third kappa shape index (κ3) is 5.02. The van der Waals surface area contributed by atoms with E-state index in [0.29, 0.717) is 26.1 Å². The number of hydrogen-bond acceptors (Lipinski definition) is 5. The second kappa shape index (κ2) is 9.43. The molecular formula is C23H26FN5OS. The lowest BCUT2D eigenvalue weighted by Gasteiger charge is -2.39. The van der Waals surface area contributed by atoms with E-state index in [1.54, 1.807) is 12.1 Å². The van der Waals surface area contributed by atoms with Gasteiger partial charge in [-0.2, -0.15) is 4.37 Å². The molecule has 1 saturated heterocycles. The first-order valence-electron chi connectivity index (χ1n) is 10.5. The number of urea groups is 1. The third-order valence-electron chi connectivity index (χ3n) is 5.53. The number of para-hydroxylation sites is 1. The Kier molecular flexibility index (Phi) is 6.46. The Hall–Kier alpha value is -3.00. The predicted octanol–water partition coefficient (Wildman–Crippen LogP) is 4.57. The van der Waals surface area contributed by atoms with Crippen LogP contribution in [0.5, 0.6) is 0 Å². The Morgan fingerprint density at radius 1 is 1.19 bits per heavy atom. The van der Waals surface area contributed by atoms with Crippen molar-refractivity contribution >= 4 is 28.4 Å². The van der Waals surface area contributed by atoms with Crippen molar-refractivity contribution in [2.45, 2.75) is 32.7 Å². The van der Waals surface area contributed by atoms with Crippen molar-refractivity contribution < 1.29 is 9.18 Å². The van der Waals surface area contributed by atoms with Gasteiger partial charge in [0.1, 0.15) is 11.6 Å². The summed E-state index contributed by atoms with van der Waals surface area (Å²) in [4.78, 5) is 21.6. The maximum Gasteiger partial charge on any atom is 0.322 e. The lowest BCUT2D eigenvalue weighted by Crippen LogP contribution is -2.55. The molecule has 1 atom stereocenters. The minimum Gasteiger partial charge on any atom is -0.343 e. The Labute approximate surface area is 185 Å².